The van der Waals surface area contributed by atoms with Crippen LogP contribution < -0.4 is 0 Å². The molecule has 2 aliphatic rings. The van der Waals surface area contributed by atoms with Crippen LogP contribution in [0.1, 0.15) is 29.9 Å². The number of benzene rings is 2. The molecule has 0 saturated heterocycles. The maximum absolute atomic E-state index is 5.85. The first-order valence-corrected chi connectivity index (χ1v) is 8.75. The van der Waals surface area contributed by atoms with Gasteiger partial charge >= 0.3 is 0 Å². The second-order valence-corrected chi connectivity index (χ2v) is 6.96. The fourth-order valence-electron chi connectivity index (χ4n) is 3.40. The smallest absolute Gasteiger partial charge is 0.0717 e. The lowest BCUT2D eigenvalue weighted by molar-refractivity contribution is 0.109. The van der Waals surface area contributed by atoms with Crippen molar-refractivity contribution in [1.82, 2.24) is 0 Å². The molecule has 0 heterocycles. The molecule has 2 aliphatic carbocycles. The van der Waals surface area contributed by atoms with E-state index in [1.807, 2.05) is 6.07 Å². The van der Waals surface area contributed by atoms with Crippen LogP contribution in [0.5, 0.6) is 0 Å². The molecule has 2 saturated carbocycles. The van der Waals surface area contributed by atoms with Gasteiger partial charge in [-0.05, 0) is 47.6 Å². The van der Waals surface area contributed by atoms with Gasteiger partial charge in [0.25, 0.3) is 0 Å². The van der Waals surface area contributed by atoms with Gasteiger partial charge in [0.1, 0.15) is 0 Å². The summed E-state index contributed by atoms with van der Waals surface area (Å²) in [4.78, 5) is 0. The molecule has 2 aromatic carbocycles. The average Bonchev–Trinajstić information content (AvgIpc) is 3.51. The third-order valence-corrected chi connectivity index (χ3v) is 5.09. The Labute approximate surface area is 139 Å². The molecule has 0 spiro atoms. The summed E-state index contributed by atoms with van der Waals surface area (Å²) in [6.07, 6.45) is 7.53. The van der Waals surface area contributed by atoms with Gasteiger partial charge < -0.3 is 4.74 Å². The third-order valence-electron chi connectivity index (χ3n) is 5.09. The van der Waals surface area contributed by atoms with Crippen molar-refractivity contribution in [3.8, 4) is 0 Å². The fourth-order valence-corrected chi connectivity index (χ4v) is 3.40. The lowest BCUT2D eigenvalue weighted by atomic mass is 10.1. The fraction of sp³-hybridized carbons (Fsp3) is 0.364. The highest BCUT2D eigenvalue weighted by molar-refractivity contribution is 5.28. The van der Waals surface area contributed by atoms with Crippen molar-refractivity contribution in [2.75, 3.05) is 6.61 Å². The normalized spacial score (nSPS) is 28.9. The maximum Gasteiger partial charge on any atom is 0.0717 e. The van der Waals surface area contributed by atoms with Gasteiger partial charge in [-0.1, -0.05) is 72.8 Å². The average molecular weight is 304 g/mol. The van der Waals surface area contributed by atoms with Crippen molar-refractivity contribution in [3.63, 3.8) is 0 Å². The van der Waals surface area contributed by atoms with Crippen LogP contribution in [0.2, 0.25) is 0 Å². The van der Waals surface area contributed by atoms with E-state index in [0.717, 1.165) is 36.9 Å². The molecule has 118 valence electrons. The Morgan fingerprint density at radius 3 is 2.30 bits per heavy atom. The van der Waals surface area contributed by atoms with Gasteiger partial charge in [-0.25, -0.2) is 0 Å². The molecule has 2 fully saturated rings. The first-order chi connectivity index (χ1) is 11.4. The molecule has 0 aromatic heterocycles. The Bertz CT molecular complexity index is 646. The molecule has 0 bridgehead atoms. The number of ether oxygens (including phenoxy) is 1. The lowest BCUT2D eigenvalue weighted by Gasteiger charge is -2.03. The number of allylic oxidation sites excluding steroid dienone is 2. The molecule has 0 aliphatic heterocycles. The van der Waals surface area contributed by atoms with E-state index in [-0.39, 0.29) is 0 Å². The van der Waals surface area contributed by atoms with Crippen LogP contribution in [0.15, 0.2) is 72.8 Å². The van der Waals surface area contributed by atoms with Gasteiger partial charge in [0, 0.05) is 0 Å². The first kappa shape index (κ1) is 14.7. The summed E-state index contributed by atoms with van der Waals surface area (Å²) in [7, 11) is 0. The summed E-state index contributed by atoms with van der Waals surface area (Å²) in [6.45, 7) is 1.64. The number of hydrogen-bond donors (Lipinski definition) is 0. The van der Waals surface area contributed by atoms with Gasteiger partial charge in [0.15, 0.2) is 0 Å². The molecule has 1 heteroatoms. The van der Waals surface area contributed by atoms with E-state index in [2.05, 4.69) is 66.7 Å². The van der Waals surface area contributed by atoms with Gasteiger partial charge in [-0.2, -0.15) is 0 Å². The highest BCUT2D eigenvalue weighted by atomic mass is 16.5. The third kappa shape index (κ3) is 3.92. The van der Waals surface area contributed by atoms with E-state index in [1.165, 1.54) is 24.0 Å². The first-order valence-electron chi connectivity index (χ1n) is 8.75. The second kappa shape index (κ2) is 6.72. The van der Waals surface area contributed by atoms with E-state index in [0.29, 0.717) is 0 Å². The van der Waals surface area contributed by atoms with Crippen molar-refractivity contribution in [2.24, 2.45) is 17.8 Å². The number of rotatable bonds is 7. The minimum Gasteiger partial charge on any atom is -0.376 e. The zero-order valence-electron chi connectivity index (χ0n) is 13.5. The Balaban J connectivity index is 1.17. The molecule has 2 aromatic rings. The van der Waals surface area contributed by atoms with Crippen molar-refractivity contribution in [3.05, 3.63) is 83.9 Å². The highest BCUT2D eigenvalue weighted by Gasteiger charge is 2.38. The zero-order valence-corrected chi connectivity index (χ0v) is 13.5. The van der Waals surface area contributed by atoms with Gasteiger partial charge in [0.05, 0.1) is 13.2 Å². The zero-order chi connectivity index (χ0) is 15.5. The monoisotopic (exact) mass is 304 g/mol. The Morgan fingerprint density at radius 2 is 1.52 bits per heavy atom. The largest absolute Gasteiger partial charge is 0.376 e. The van der Waals surface area contributed by atoms with E-state index in [9.17, 15) is 0 Å². The predicted molar refractivity (Wildman–Crippen MR) is 94.1 cm³/mol. The molecule has 4 atom stereocenters. The lowest BCUT2D eigenvalue weighted by Crippen LogP contribution is -1.98. The molecule has 0 amide bonds. The van der Waals surface area contributed by atoms with Crippen LogP contribution in [0.3, 0.4) is 0 Å². The molecular weight excluding hydrogens is 280 g/mol. The minimum absolute atomic E-state index is 0.740. The van der Waals surface area contributed by atoms with Gasteiger partial charge in [-0.15, -0.1) is 0 Å². The van der Waals surface area contributed by atoms with E-state index in [1.54, 1.807) is 0 Å². The van der Waals surface area contributed by atoms with E-state index >= 15 is 0 Å². The van der Waals surface area contributed by atoms with Gasteiger partial charge in [-0.3, -0.25) is 0 Å². The Kier molecular flexibility index (Phi) is 4.30. The molecular formula is C22H24O. The van der Waals surface area contributed by atoms with Crippen LogP contribution >= 0.6 is 0 Å². The van der Waals surface area contributed by atoms with Crippen molar-refractivity contribution >= 4 is 0 Å². The Morgan fingerprint density at radius 1 is 0.826 bits per heavy atom. The van der Waals surface area contributed by atoms with Gasteiger partial charge in [0.2, 0.25) is 0 Å². The maximum atomic E-state index is 5.85. The van der Waals surface area contributed by atoms with Crippen molar-refractivity contribution in [1.29, 1.82) is 0 Å². The Hall–Kier alpha value is -1.86. The van der Waals surface area contributed by atoms with Crippen molar-refractivity contribution in [2.45, 2.75) is 25.4 Å². The molecule has 0 unspecified atom stereocenters. The molecule has 4 rings (SSSR count). The summed E-state index contributed by atoms with van der Waals surface area (Å²) in [5.74, 6) is 3.02. The molecule has 1 nitrogen and oxygen atoms in total. The number of hydrogen-bond acceptors (Lipinski definition) is 1. The second-order valence-electron chi connectivity index (χ2n) is 6.96. The molecule has 0 N–H and O–H groups in total. The summed E-state index contributed by atoms with van der Waals surface area (Å²) >= 11 is 0. The minimum atomic E-state index is 0.740. The van der Waals surface area contributed by atoms with E-state index in [4.69, 9.17) is 4.74 Å². The predicted octanol–water partition coefficient (Wildman–Crippen LogP) is 5.20. The van der Waals surface area contributed by atoms with Crippen LogP contribution in [-0.2, 0) is 11.3 Å². The summed E-state index contributed by atoms with van der Waals surface area (Å²) in [5.41, 5.74) is 2.77. The standard InChI is InChI=1S/C22H24O/c1-3-7-17(8-4-1)15-23-16-21-13-19(21)11-12-20-14-22(20)18-9-5-2-6-10-18/h1-12,19-22H,13-16H2/b12-11+/t19-,20-,21-,22+/m0/s1. The summed E-state index contributed by atoms with van der Waals surface area (Å²) in [6, 6.07) is 21.4. The van der Waals surface area contributed by atoms with Crippen molar-refractivity contribution < 1.29 is 4.74 Å². The summed E-state index contributed by atoms with van der Waals surface area (Å²) in [5, 5.41) is 0. The summed E-state index contributed by atoms with van der Waals surface area (Å²) < 4.78 is 5.85. The molecule has 23 heavy (non-hydrogen) atoms. The van der Waals surface area contributed by atoms with Crippen LogP contribution in [-0.4, -0.2) is 6.61 Å². The van der Waals surface area contributed by atoms with Crippen LogP contribution in [0.4, 0.5) is 0 Å². The quantitative estimate of drug-likeness (QED) is 0.639. The molecule has 0 radical (unpaired) electrons. The topological polar surface area (TPSA) is 9.23 Å². The SMILES string of the molecule is C(=C\[C@H]1C[C@@H]1c1ccccc1)/[C@H]1C[C@H]1COCc1ccccc1. The van der Waals surface area contributed by atoms with E-state index < -0.39 is 0 Å². The van der Waals surface area contributed by atoms with Crippen LogP contribution in [0.25, 0.3) is 0 Å². The van der Waals surface area contributed by atoms with Crippen LogP contribution in [0, 0.1) is 17.8 Å². The highest BCUT2D eigenvalue weighted by Crippen LogP contribution is 2.49.